The van der Waals surface area contributed by atoms with Gasteiger partial charge < -0.3 is 10.1 Å². The minimum Gasteiger partial charge on any atom is -0.492 e. The van der Waals surface area contributed by atoms with Crippen molar-refractivity contribution < 1.29 is 9.53 Å². The number of amides is 1. The molecule has 0 aliphatic carbocycles. The molecule has 1 aromatic carbocycles. The van der Waals surface area contributed by atoms with Gasteiger partial charge in [-0.15, -0.1) is 0 Å². The molecule has 1 amide bonds. The third kappa shape index (κ3) is 3.11. The van der Waals surface area contributed by atoms with E-state index in [1.165, 1.54) is 0 Å². The van der Waals surface area contributed by atoms with E-state index in [9.17, 15) is 4.79 Å². The Hall–Kier alpha value is -1.59. The van der Waals surface area contributed by atoms with Crippen molar-refractivity contribution in [1.29, 1.82) is 0 Å². The molecule has 0 bridgehead atoms. The van der Waals surface area contributed by atoms with Gasteiger partial charge >= 0.3 is 0 Å². The molecule has 1 fully saturated rings. The van der Waals surface area contributed by atoms with Gasteiger partial charge in [-0.05, 0) is 30.4 Å². The van der Waals surface area contributed by atoms with Crippen molar-refractivity contribution in [1.82, 2.24) is 16.2 Å². The molecule has 108 valence electrons. The molecule has 2 aliphatic heterocycles. The Bertz CT molecular complexity index is 472. The van der Waals surface area contributed by atoms with Gasteiger partial charge in [-0.2, -0.15) is 0 Å². The van der Waals surface area contributed by atoms with E-state index in [-0.39, 0.29) is 11.8 Å². The number of rotatable bonds is 4. The normalized spacial score (nSPS) is 22.1. The maximum Gasteiger partial charge on any atom is 0.226 e. The predicted molar refractivity (Wildman–Crippen MR) is 76.3 cm³/mol. The van der Waals surface area contributed by atoms with Crippen LogP contribution in [0.5, 0.6) is 5.75 Å². The van der Waals surface area contributed by atoms with Gasteiger partial charge in [0.25, 0.3) is 0 Å². The minimum atomic E-state index is -0.0651. The van der Waals surface area contributed by atoms with Crippen molar-refractivity contribution in [2.24, 2.45) is 11.8 Å². The van der Waals surface area contributed by atoms with Crippen molar-refractivity contribution in [3.05, 3.63) is 29.8 Å². The first-order chi connectivity index (χ1) is 9.83. The van der Waals surface area contributed by atoms with Gasteiger partial charge in [0.15, 0.2) is 0 Å². The molecule has 5 nitrogen and oxygen atoms in total. The smallest absolute Gasteiger partial charge is 0.226 e. The van der Waals surface area contributed by atoms with Gasteiger partial charge in [-0.25, -0.2) is 0 Å². The van der Waals surface area contributed by atoms with Crippen LogP contribution >= 0.6 is 0 Å². The van der Waals surface area contributed by atoms with Gasteiger partial charge in [0.2, 0.25) is 5.91 Å². The van der Waals surface area contributed by atoms with Crippen molar-refractivity contribution in [2.45, 2.75) is 12.8 Å². The summed E-state index contributed by atoms with van der Waals surface area (Å²) in [7, 11) is 0. The van der Waals surface area contributed by atoms with E-state index in [0.717, 1.165) is 43.8 Å². The lowest BCUT2D eigenvalue weighted by atomic mass is 9.96. The second-order valence-electron chi connectivity index (χ2n) is 5.53. The highest BCUT2D eigenvalue weighted by atomic mass is 16.5. The van der Waals surface area contributed by atoms with E-state index >= 15 is 0 Å². The van der Waals surface area contributed by atoms with Crippen molar-refractivity contribution in [2.75, 3.05) is 26.2 Å². The fourth-order valence-electron chi connectivity index (χ4n) is 2.75. The molecule has 5 heteroatoms. The summed E-state index contributed by atoms with van der Waals surface area (Å²) in [5.74, 6) is 1.57. The Morgan fingerprint density at radius 3 is 2.95 bits per heavy atom. The van der Waals surface area contributed by atoms with E-state index in [2.05, 4.69) is 16.2 Å². The average Bonchev–Trinajstić information content (AvgIpc) is 3.00. The maximum absolute atomic E-state index is 12.2. The number of benzene rings is 1. The molecule has 3 N–H and O–H groups in total. The van der Waals surface area contributed by atoms with Crippen LogP contribution in [0.3, 0.4) is 0 Å². The van der Waals surface area contributed by atoms with Crippen LogP contribution in [0.15, 0.2) is 24.3 Å². The number of fused-ring (bicyclic) bond motifs is 1. The number of ether oxygens (including phenoxy) is 1. The summed E-state index contributed by atoms with van der Waals surface area (Å²) < 4.78 is 5.66. The SMILES string of the molecule is O=C(NCCC1CNNC1)C1COc2ccccc2C1. The molecule has 0 spiro atoms. The molecule has 1 aromatic rings. The van der Waals surface area contributed by atoms with Crippen LogP contribution in [0.2, 0.25) is 0 Å². The summed E-state index contributed by atoms with van der Waals surface area (Å²) in [5, 5.41) is 3.04. The Labute approximate surface area is 119 Å². The lowest BCUT2D eigenvalue weighted by Crippen LogP contribution is -2.38. The van der Waals surface area contributed by atoms with Gasteiger partial charge in [0, 0.05) is 19.6 Å². The Balaban J connectivity index is 1.46. The Kier molecular flexibility index (Phi) is 4.18. The second kappa shape index (κ2) is 6.24. The van der Waals surface area contributed by atoms with Crippen LogP contribution in [0.25, 0.3) is 0 Å². The standard InChI is InChI=1S/C15H21N3O2/c19-15(16-6-5-11-8-17-18-9-11)13-7-12-3-1-2-4-14(12)20-10-13/h1-4,11,13,17-18H,5-10H2,(H,16,19). The summed E-state index contributed by atoms with van der Waals surface area (Å²) >= 11 is 0. The summed E-state index contributed by atoms with van der Waals surface area (Å²) in [4.78, 5) is 12.2. The molecule has 20 heavy (non-hydrogen) atoms. The molecule has 1 unspecified atom stereocenters. The van der Waals surface area contributed by atoms with Gasteiger partial charge in [0.1, 0.15) is 12.4 Å². The lowest BCUT2D eigenvalue weighted by molar-refractivity contribution is -0.126. The number of carbonyl (C=O) groups excluding carboxylic acids is 1. The average molecular weight is 275 g/mol. The van der Waals surface area contributed by atoms with Crippen LogP contribution in [0.1, 0.15) is 12.0 Å². The number of hydrogen-bond donors (Lipinski definition) is 3. The fourth-order valence-corrected chi connectivity index (χ4v) is 2.75. The molecule has 0 saturated carbocycles. The molecular weight excluding hydrogens is 254 g/mol. The number of hydrazine groups is 1. The molecular formula is C15H21N3O2. The highest BCUT2D eigenvalue weighted by Crippen LogP contribution is 2.26. The van der Waals surface area contributed by atoms with E-state index in [4.69, 9.17) is 4.74 Å². The summed E-state index contributed by atoms with van der Waals surface area (Å²) in [6.45, 7) is 3.19. The van der Waals surface area contributed by atoms with Crippen LogP contribution in [-0.2, 0) is 11.2 Å². The predicted octanol–water partition coefficient (Wildman–Crippen LogP) is 0.468. The Morgan fingerprint density at radius 2 is 2.10 bits per heavy atom. The number of nitrogens with one attached hydrogen (secondary N) is 3. The zero-order chi connectivity index (χ0) is 13.8. The molecule has 2 aliphatic rings. The van der Waals surface area contributed by atoms with Crippen molar-refractivity contribution in [3.63, 3.8) is 0 Å². The van der Waals surface area contributed by atoms with E-state index < -0.39 is 0 Å². The first kappa shape index (κ1) is 13.4. The molecule has 0 radical (unpaired) electrons. The highest BCUT2D eigenvalue weighted by Gasteiger charge is 2.25. The summed E-state index contributed by atoms with van der Waals surface area (Å²) in [6, 6.07) is 7.94. The van der Waals surface area contributed by atoms with Gasteiger partial charge in [-0.3, -0.25) is 15.6 Å². The topological polar surface area (TPSA) is 62.4 Å². The number of para-hydroxylation sites is 1. The van der Waals surface area contributed by atoms with E-state index in [0.29, 0.717) is 12.5 Å². The third-order valence-corrected chi connectivity index (χ3v) is 4.01. The number of carbonyl (C=O) groups is 1. The second-order valence-corrected chi connectivity index (χ2v) is 5.53. The molecule has 3 rings (SSSR count). The Morgan fingerprint density at radius 1 is 1.30 bits per heavy atom. The zero-order valence-corrected chi connectivity index (χ0v) is 11.5. The van der Waals surface area contributed by atoms with E-state index in [1.807, 2.05) is 24.3 Å². The van der Waals surface area contributed by atoms with Crippen molar-refractivity contribution >= 4 is 5.91 Å². The summed E-state index contributed by atoms with van der Waals surface area (Å²) in [6.07, 6.45) is 1.78. The van der Waals surface area contributed by atoms with Crippen LogP contribution in [0, 0.1) is 11.8 Å². The van der Waals surface area contributed by atoms with Crippen LogP contribution in [-0.4, -0.2) is 32.1 Å². The first-order valence-corrected chi connectivity index (χ1v) is 7.27. The minimum absolute atomic E-state index is 0.0651. The molecule has 1 saturated heterocycles. The number of hydrogen-bond acceptors (Lipinski definition) is 4. The highest BCUT2D eigenvalue weighted by molar-refractivity contribution is 5.79. The first-order valence-electron chi connectivity index (χ1n) is 7.27. The van der Waals surface area contributed by atoms with Crippen LogP contribution < -0.4 is 20.9 Å². The molecule has 1 atom stereocenters. The zero-order valence-electron chi connectivity index (χ0n) is 11.5. The van der Waals surface area contributed by atoms with Crippen LogP contribution in [0.4, 0.5) is 0 Å². The lowest BCUT2D eigenvalue weighted by Gasteiger charge is -2.24. The largest absolute Gasteiger partial charge is 0.492 e. The molecule has 0 aromatic heterocycles. The fraction of sp³-hybridized carbons (Fsp3) is 0.533. The quantitative estimate of drug-likeness (QED) is 0.747. The van der Waals surface area contributed by atoms with Gasteiger partial charge in [-0.1, -0.05) is 18.2 Å². The van der Waals surface area contributed by atoms with Gasteiger partial charge in [0.05, 0.1) is 5.92 Å². The van der Waals surface area contributed by atoms with Crippen molar-refractivity contribution in [3.8, 4) is 5.75 Å². The third-order valence-electron chi connectivity index (χ3n) is 4.01. The maximum atomic E-state index is 12.2. The molecule has 2 heterocycles. The monoisotopic (exact) mass is 275 g/mol. The van der Waals surface area contributed by atoms with E-state index in [1.54, 1.807) is 0 Å². The summed E-state index contributed by atoms with van der Waals surface area (Å²) in [5.41, 5.74) is 7.33.